The predicted octanol–water partition coefficient (Wildman–Crippen LogP) is 6.07. The van der Waals surface area contributed by atoms with Crippen molar-refractivity contribution in [2.75, 3.05) is 0 Å². The Morgan fingerprint density at radius 1 is 0.694 bits per heavy atom. The summed E-state index contributed by atoms with van der Waals surface area (Å²) in [5.74, 6) is 1.02. The molecule has 2 saturated carbocycles. The molecule has 0 amide bonds. The second-order valence-electron chi connectivity index (χ2n) is 16.6. The van der Waals surface area contributed by atoms with Gasteiger partial charge in [-0.15, -0.1) is 24.3 Å². The second kappa shape index (κ2) is 14.1. The largest absolute Gasteiger partial charge is 1.00 e. The molecule has 1 aromatic rings. The number of hydrogen-bond acceptors (Lipinski definition) is 0. The molecular weight excluding hydrogens is 715 g/mol. The monoisotopic (exact) mass is 770 g/mol. The Balaban J connectivity index is 0.000000268. The summed E-state index contributed by atoms with van der Waals surface area (Å²) in [6, 6.07) is 8.56. The van der Waals surface area contributed by atoms with Gasteiger partial charge >= 0.3 is 70.3 Å². The molecule has 0 saturated heterocycles. The van der Waals surface area contributed by atoms with Gasteiger partial charge in [-0.2, -0.15) is 11.1 Å². The van der Waals surface area contributed by atoms with Gasteiger partial charge in [-0.25, -0.2) is 5.57 Å². The average molecular weight is 773 g/mol. The maximum Gasteiger partial charge on any atom is -1.00 e. The molecule has 2 fully saturated rings. The van der Waals surface area contributed by atoms with Crippen LogP contribution in [0.4, 0.5) is 0 Å². The number of allylic oxidation sites excluding steroid dienone is 16. The summed E-state index contributed by atoms with van der Waals surface area (Å²) >= 11 is 1.47. The van der Waals surface area contributed by atoms with Crippen LogP contribution in [0.1, 0.15) is 94.2 Å². The molecule has 9 unspecified atom stereocenters. The fourth-order valence-corrected chi connectivity index (χ4v) is 11.5. The summed E-state index contributed by atoms with van der Waals surface area (Å²) in [5, 5.41) is 0. The van der Waals surface area contributed by atoms with Crippen molar-refractivity contribution >= 4 is 3.71 Å². The Kier molecular flexibility index (Phi) is 12.1. The van der Waals surface area contributed by atoms with Crippen molar-refractivity contribution in [1.82, 2.24) is 0 Å². The first-order valence-electron chi connectivity index (χ1n) is 17.7. The van der Waals surface area contributed by atoms with Crippen molar-refractivity contribution in [2.24, 2.45) is 49.7 Å². The van der Waals surface area contributed by atoms with Crippen LogP contribution in [0.25, 0.3) is 0 Å². The quantitative estimate of drug-likeness (QED) is 0.305. The minimum absolute atomic E-state index is 0. The van der Waals surface area contributed by atoms with Crippen LogP contribution in [0.5, 0.6) is 0 Å². The molecule has 3 heteroatoms. The van der Waals surface area contributed by atoms with Gasteiger partial charge in [0.05, 0.1) is 0 Å². The van der Waals surface area contributed by atoms with E-state index in [1.165, 1.54) is 57.7 Å². The minimum Gasteiger partial charge on any atom is -1.00 e. The summed E-state index contributed by atoms with van der Waals surface area (Å²) < 4.78 is 2.19. The van der Waals surface area contributed by atoms with E-state index in [2.05, 4.69) is 197 Å². The summed E-state index contributed by atoms with van der Waals surface area (Å²) in [6.07, 6.45) is 32.6. The smallest absolute Gasteiger partial charge is 1.00 e. The molecule has 0 nitrogen and oxygen atoms in total. The van der Waals surface area contributed by atoms with Gasteiger partial charge in [-0.3, -0.25) is 6.08 Å². The summed E-state index contributed by atoms with van der Waals surface area (Å²) in [7, 11) is 0. The number of benzene rings is 1. The summed E-state index contributed by atoms with van der Waals surface area (Å²) in [6.45, 7) is 31.1. The van der Waals surface area contributed by atoms with Crippen molar-refractivity contribution in [3.05, 3.63) is 137 Å². The van der Waals surface area contributed by atoms with Gasteiger partial charge in [-0.05, 0) is 28.6 Å². The number of aryl methyl sites for hydroxylation is 1. The van der Waals surface area contributed by atoms with E-state index in [4.69, 9.17) is 0 Å². The van der Waals surface area contributed by atoms with Gasteiger partial charge in [0.15, 0.2) is 0 Å². The Morgan fingerprint density at radius 3 is 1.63 bits per heavy atom. The molecule has 0 aromatic heterocycles. The molecule has 0 heterocycles. The normalized spacial score (nSPS) is 41.6. The average Bonchev–Trinajstić information content (AvgIpc) is 3.38. The van der Waals surface area contributed by atoms with Gasteiger partial charge in [0.25, 0.3) is 0 Å². The van der Waals surface area contributed by atoms with Crippen molar-refractivity contribution in [2.45, 2.75) is 90.0 Å². The van der Waals surface area contributed by atoms with Crippen LogP contribution >= 0.6 is 0 Å². The topological polar surface area (TPSA) is 0 Å². The number of rotatable bonds is 1. The van der Waals surface area contributed by atoms with Crippen LogP contribution in [0.15, 0.2) is 113 Å². The van der Waals surface area contributed by atoms with Crippen LogP contribution in [-0.4, -0.2) is 3.71 Å². The molecule has 9 atom stereocenters. The molecule has 0 bridgehead atoms. The summed E-state index contributed by atoms with van der Waals surface area (Å²) in [4.78, 5) is 0. The van der Waals surface area contributed by atoms with Crippen LogP contribution < -0.4 is 24.8 Å². The fourth-order valence-electron chi connectivity index (χ4n) is 11.1. The first-order valence-corrected chi connectivity index (χ1v) is 19.1. The maximum absolute atomic E-state index is 3.36. The van der Waals surface area contributed by atoms with Gasteiger partial charge in [0, 0.05) is 10.8 Å². The third kappa shape index (κ3) is 5.40. The Labute approximate surface area is 327 Å². The van der Waals surface area contributed by atoms with Crippen LogP contribution in [0.2, 0.25) is 0 Å². The first-order chi connectivity index (χ1) is 21.8. The Hall–Kier alpha value is -1.53. The van der Waals surface area contributed by atoms with E-state index in [-0.39, 0.29) is 62.7 Å². The zero-order valence-electron chi connectivity index (χ0n) is 32.2. The van der Waals surface area contributed by atoms with Crippen LogP contribution in [0, 0.1) is 69.2 Å². The van der Waals surface area contributed by atoms with E-state index < -0.39 is 0 Å². The molecule has 6 aliphatic carbocycles. The van der Waals surface area contributed by atoms with E-state index in [0.29, 0.717) is 11.8 Å². The summed E-state index contributed by atoms with van der Waals surface area (Å²) in [5.41, 5.74) is 8.64. The zero-order valence-corrected chi connectivity index (χ0v) is 36.2. The van der Waals surface area contributed by atoms with E-state index in [1.807, 2.05) is 0 Å². The molecule has 49 heavy (non-hydrogen) atoms. The molecule has 6 aliphatic rings. The molecule has 7 rings (SSSR count). The standard InChI is InChI=1S/C29H37.C9H13.C8H8.2ClH.Zr/c1-21-14-13-15-22-20-27(6)25(4)18-10-9-16-23(25,2)24(3)17-11-12-19-26(24,5)29(27,8)28(21,22)7;1-6-5-7(2)9(4)8(6)3;1-7-3-5-8(2)6-4-7;;;/h9-20,22H,1-8H3;6H,1-4H3;1,3-6H,2H3;2*1H;/q2*-1;;;;+2/p-2. The number of hydrogen-bond donors (Lipinski definition) is 0. The van der Waals surface area contributed by atoms with E-state index in [0.717, 1.165) is 0 Å². The van der Waals surface area contributed by atoms with E-state index >= 15 is 0 Å². The molecule has 0 N–H and O–H groups in total. The molecule has 1 aromatic carbocycles. The molecule has 0 aliphatic heterocycles. The molecule has 262 valence electrons. The number of halogens is 2. The third-order valence-electron chi connectivity index (χ3n) is 15.5. The van der Waals surface area contributed by atoms with E-state index in [9.17, 15) is 0 Å². The Bertz CT molecular complexity index is 1700. The van der Waals surface area contributed by atoms with Crippen molar-refractivity contribution in [1.29, 1.82) is 0 Å². The minimum atomic E-state index is 0. The van der Waals surface area contributed by atoms with Gasteiger partial charge in [0.2, 0.25) is 0 Å². The van der Waals surface area contributed by atoms with Crippen molar-refractivity contribution in [3.8, 4) is 0 Å². The molecule has 0 spiro atoms. The Morgan fingerprint density at radius 2 is 1.18 bits per heavy atom. The fraction of sp³-hybridized carbons (Fsp3) is 0.478. The van der Waals surface area contributed by atoms with Crippen LogP contribution in [-0.2, 0) is 24.2 Å². The van der Waals surface area contributed by atoms with Crippen LogP contribution in [0.3, 0.4) is 0 Å². The SMILES string of the molecule is CC1=CC=CC2[CH-]C3(C)C4(C)C=CC=CC4(C)C4(C)C=CC=CC4(C)C3(C)C12C.CC1=[C-]C(C)C(C)=C1C.Cc1ccc([CH]=[Zr+2])cc1.[Cl-].[Cl-]. The first kappa shape index (κ1) is 41.9. The van der Waals surface area contributed by atoms with Gasteiger partial charge in [-0.1, -0.05) is 141 Å². The zero-order chi connectivity index (χ0) is 34.8. The van der Waals surface area contributed by atoms with E-state index in [1.54, 1.807) is 0 Å². The molecular formula is C46H58Cl2Zr-2. The second-order valence-corrected chi connectivity index (χ2v) is 17.3. The number of fused-ring (bicyclic) bond motifs is 8. The molecule has 0 radical (unpaired) electrons. The third-order valence-corrected chi connectivity index (χ3v) is 16.3. The van der Waals surface area contributed by atoms with Gasteiger partial charge < -0.3 is 31.2 Å². The van der Waals surface area contributed by atoms with Crippen molar-refractivity contribution in [3.63, 3.8) is 0 Å². The maximum atomic E-state index is 3.36. The van der Waals surface area contributed by atoms with Gasteiger partial charge in [0.1, 0.15) is 0 Å². The van der Waals surface area contributed by atoms with Crippen molar-refractivity contribution < 1.29 is 49.0 Å². The predicted molar refractivity (Wildman–Crippen MR) is 200 cm³/mol.